The predicted molar refractivity (Wildman–Crippen MR) is 124 cm³/mol. The Morgan fingerprint density at radius 2 is 1.88 bits per heavy atom. The van der Waals surface area contributed by atoms with Gasteiger partial charge in [-0.2, -0.15) is 0 Å². The highest BCUT2D eigenvalue weighted by molar-refractivity contribution is 5.94. The molecule has 0 bridgehead atoms. The summed E-state index contributed by atoms with van der Waals surface area (Å²) >= 11 is 0. The summed E-state index contributed by atoms with van der Waals surface area (Å²) in [5.74, 6) is 0.622. The number of carbonyl (C=O) groups excluding carboxylic acids is 3. The molecule has 3 unspecified atom stereocenters. The molecule has 2 fully saturated rings. The van der Waals surface area contributed by atoms with Gasteiger partial charge in [0.1, 0.15) is 5.75 Å². The lowest BCUT2D eigenvalue weighted by Gasteiger charge is -2.37. The molecule has 2 aliphatic rings. The molecule has 4 rings (SSSR count). The second-order valence-corrected chi connectivity index (χ2v) is 8.55. The van der Waals surface area contributed by atoms with Crippen LogP contribution in [0.1, 0.15) is 35.2 Å². The molecular weight excluding hydrogens is 420 g/mol. The van der Waals surface area contributed by atoms with Gasteiger partial charge in [0.2, 0.25) is 11.8 Å². The highest BCUT2D eigenvalue weighted by Crippen LogP contribution is 2.26. The summed E-state index contributed by atoms with van der Waals surface area (Å²) in [6.07, 6.45) is 1.59. The number of nitrogens with one attached hydrogen (secondary N) is 3. The number of amides is 3. The first-order valence-electron chi connectivity index (χ1n) is 11.3. The largest absolute Gasteiger partial charge is 0.497 e. The van der Waals surface area contributed by atoms with Crippen molar-refractivity contribution in [1.82, 2.24) is 20.9 Å². The van der Waals surface area contributed by atoms with Crippen molar-refractivity contribution in [3.05, 3.63) is 65.7 Å². The SMILES string of the molecule is COc1ccc(CNC(=O)CCC2CNC(=O)C3CC(NC(=O)c4ccccc4)CN23)cc1. The third kappa shape index (κ3) is 5.70. The van der Waals surface area contributed by atoms with Gasteiger partial charge < -0.3 is 20.7 Å². The second kappa shape index (κ2) is 10.5. The zero-order chi connectivity index (χ0) is 23.2. The molecule has 8 nitrogen and oxygen atoms in total. The fourth-order valence-electron chi connectivity index (χ4n) is 4.54. The summed E-state index contributed by atoms with van der Waals surface area (Å²) in [5, 5.41) is 8.97. The van der Waals surface area contributed by atoms with Crippen LogP contribution in [-0.4, -0.2) is 60.9 Å². The standard InChI is InChI=1S/C25H30N4O4/c1-33-21-10-7-17(8-11-21)14-26-23(30)12-9-20-15-27-25(32)22-13-19(16-29(20)22)28-24(31)18-5-3-2-4-6-18/h2-8,10-11,19-20,22H,9,12-16H2,1H3,(H,26,30)(H,27,32)(H,28,31). The average molecular weight is 451 g/mol. The van der Waals surface area contributed by atoms with Crippen molar-refractivity contribution in [3.63, 3.8) is 0 Å². The van der Waals surface area contributed by atoms with Gasteiger partial charge in [0, 0.05) is 43.7 Å². The van der Waals surface area contributed by atoms with Crippen molar-refractivity contribution in [2.45, 2.75) is 43.9 Å². The number of ether oxygens (including phenoxy) is 1. The van der Waals surface area contributed by atoms with E-state index in [1.807, 2.05) is 42.5 Å². The van der Waals surface area contributed by atoms with Crippen LogP contribution in [0.4, 0.5) is 0 Å². The molecule has 2 aromatic carbocycles. The Morgan fingerprint density at radius 1 is 1.12 bits per heavy atom. The lowest BCUT2D eigenvalue weighted by atomic mass is 10.0. The van der Waals surface area contributed by atoms with Crippen LogP contribution < -0.4 is 20.7 Å². The Balaban J connectivity index is 1.27. The summed E-state index contributed by atoms with van der Waals surface area (Å²) in [4.78, 5) is 39.5. The van der Waals surface area contributed by atoms with E-state index in [9.17, 15) is 14.4 Å². The fraction of sp³-hybridized carbons (Fsp3) is 0.400. The molecule has 3 amide bonds. The van der Waals surface area contributed by atoms with Gasteiger partial charge in [0.05, 0.1) is 13.2 Å². The van der Waals surface area contributed by atoms with E-state index in [0.717, 1.165) is 11.3 Å². The van der Waals surface area contributed by atoms with Crippen LogP contribution in [0.2, 0.25) is 0 Å². The number of fused-ring (bicyclic) bond motifs is 1. The van der Waals surface area contributed by atoms with Gasteiger partial charge in [-0.25, -0.2) is 0 Å². The highest BCUT2D eigenvalue weighted by atomic mass is 16.5. The molecule has 3 atom stereocenters. The summed E-state index contributed by atoms with van der Waals surface area (Å²) < 4.78 is 5.15. The van der Waals surface area contributed by atoms with E-state index < -0.39 is 0 Å². The van der Waals surface area contributed by atoms with Gasteiger partial charge in [0.15, 0.2) is 0 Å². The lowest BCUT2D eigenvalue weighted by molar-refractivity contribution is -0.129. The van der Waals surface area contributed by atoms with Crippen molar-refractivity contribution >= 4 is 17.7 Å². The van der Waals surface area contributed by atoms with E-state index in [4.69, 9.17) is 4.74 Å². The fourth-order valence-corrected chi connectivity index (χ4v) is 4.54. The first kappa shape index (κ1) is 22.8. The van der Waals surface area contributed by atoms with Crippen molar-refractivity contribution in [2.24, 2.45) is 0 Å². The first-order chi connectivity index (χ1) is 16.0. The molecule has 33 heavy (non-hydrogen) atoms. The average Bonchev–Trinajstić information content (AvgIpc) is 3.28. The van der Waals surface area contributed by atoms with Crippen molar-refractivity contribution < 1.29 is 19.1 Å². The lowest BCUT2D eigenvalue weighted by Crippen LogP contribution is -2.58. The third-order valence-corrected chi connectivity index (χ3v) is 6.35. The molecule has 0 aromatic heterocycles. The molecule has 174 valence electrons. The van der Waals surface area contributed by atoms with E-state index in [1.165, 1.54) is 0 Å². The molecule has 2 saturated heterocycles. The zero-order valence-corrected chi connectivity index (χ0v) is 18.8. The van der Waals surface area contributed by atoms with Gasteiger partial charge in [-0.05, 0) is 42.7 Å². The quantitative estimate of drug-likeness (QED) is 0.566. The Hall–Kier alpha value is -3.39. The van der Waals surface area contributed by atoms with Crippen molar-refractivity contribution in [3.8, 4) is 5.75 Å². The molecule has 2 aromatic rings. The van der Waals surface area contributed by atoms with Crippen molar-refractivity contribution in [2.75, 3.05) is 20.2 Å². The van der Waals surface area contributed by atoms with Crippen LogP contribution in [0.15, 0.2) is 54.6 Å². The van der Waals surface area contributed by atoms with E-state index in [1.54, 1.807) is 19.2 Å². The summed E-state index contributed by atoms with van der Waals surface area (Å²) in [7, 11) is 1.62. The summed E-state index contributed by atoms with van der Waals surface area (Å²) in [6.45, 7) is 1.58. The Morgan fingerprint density at radius 3 is 2.61 bits per heavy atom. The van der Waals surface area contributed by atoms with Crippen LogP contribution in [0.5, 0.6) is 5.75 Å². The summed E-state index contributed by atoms with van der Waals surface area (Å²) in [6, 6.07) is 16.4. The third-order valence-electron chi connectivity index (χ3n) is 6.35. The van der Waals surface area contributed by atoms with E-state index in [-0.39, 0.29) is 35.8 Å². The second-order valence-electron chi connectivity index (χ2n) is 8.55. The van der Waals surface area contributed by atoms with Gasteiger partial charge in [0.25, 0.3) is 5.91 Å². The molecular formula is C25H30N4O4. The maximum atomic E-state index is 12.5. The van der Waals surface area contributed by atoms with Gasteiger partial charge in [-0.1, -0.05) is 30.3 Å². The predicted octanol–water partition coefficient (Wildman–Crippen LogP) is 1.46. The van der Waals surface area contributed by atoms with E-state index in [0.29, 0.717) is 44.5 Å². The van der Waals surface area contributed by atoms with E-state index in [2.05, 4.69) is 20.9 Å². The molecule has 0 spiro atoms. The summed E-state index contributed by atoms with van der Waals surface area (Å²) in [5.41, 5.74) is 1.61. The van der Waals surface area contributed by atoms with Crippen LogP contribution in [0.25, 0.3) is 0 Å². The van der Waals surface area contributed by atoms with Crippen LogP contribution >= 0.6 is 0 Å². The minimum atomic E-state index is -0.271. The minimum Gasteiger partial charge on any atom is -0.497 e. The van der Waals surface area contributed by atoms with Gasteiger partial charge in [-0.3, -0.25) is 19.3 Å². The number of benzene rings is 2. The maximum absolute atomic E-state index is 12.5. The Kier molecular flexibility index (Phi) is 7.24. The normalized spacial score (nSPS) is 22.2. The first-order valence-corrected chi connectivity index (χ1v) is 11.3. The van der Waals surface area contributed by atoms with Gasteiger partial charge in [-0.15, -0.1) is 0 Å². The molecule has 0 saturated carbocycles. The van der Waals surface area contributed by atoms with Crippen LogP contribution in [-0.2, 0) is 16.1 Å². The smallest absolute Gasteiger partial charge is 0.251 e. The molecule has 3 N–H and O–H groups in total. The van der Waals surface area contributed by atoms with Gasteiger partial charge >= 0.3 is 0 Å². The molecule has 0 aliphatic carbocycles. The number of piperazine rings is 1. The number of hydrogen-bond donors (Lipinski definition) is 3. The molecule has 2 aliphatic heterocycles. The van der Waals surface area contributed by atoms with E-state index >= 15 is 0 Å². The van der Waals surface area contributed by atoms with Crippen LogP contribution in [0.3, 0.4) is 0 Å². The Bertz CT molecular complexity index is 980. The van der Waals surface area contributed by atoms with Crippen LogP contribution in [0, 0.1) is 0 Å². The number of hydrogen-bond acceptors (Lipinski definition) is 5. The monoisotopic (exact) mass is 450 g/mol. The Labute approximate surface area is 193 Å². The molecule has 0 radical (unpaired) electrons. The molecule has 2 heterocycles. The maximum Gasteiger partial charge on any atom is 0.251 e. The van der Waals surface area contributed by atoms with Crippen molar-refractivity contribution in [1.29, 1.82) is 0 Å². The minimum absolute atomic E-state index is 0.00772. The highest BCUT2D eigenvalue weighted by Gasteiger charge is 2.43. The number of nitrogens with zero attached hydrogens (tertiary/aromatic N) is 1. The topological polar surface area (TPSA) is 99.8 Å². The molecule has 8 heteroatoms. The number of carbonyl (C=O) groups is 3. The number of rotatable bonds is 8. The number of methoxy groups -OCH3 is 1. The zero-order valence-electron chi connectivity index (χ0n) is 18.8.